The SMILES string of the molecule is Cc1cccc(NC(=O)C2(C(=O)NC3CCCCCC3)CC2)c1C. The van der Waals surface area contributed by atoms with Gasteiger partial charge in [-0.1, -0.05) is 37.8 Å². The fourth-order valence-electron chi connectivity index (χ4n) is 3.56. The molecule has 2 aliphatic rings. The molecule has 24 heavy (non-hydrogen) atoms. The third-order valence-corrected chi connectivity index (χ3v) is 5.66. The van der Waals surface area contributed by atoms with E-state index in [1.54, 1.807) is 0 Å². The van der Waals surface area contributed by atoms with Crippen molar-refractivity contribution in [3.8, 4) is 0 Å². The molecule has 2 saturated carbocycles. The third-order valence-electron chi connectivity index (χ3n) is 5.66. The zero-order valence-corrected chi connectivity index (χ0v) is 14.8. The van der Waals surface area contributed by atoms with Crippen LogP contribution in [0.15, 0.2) is 18.2 Å². The third kappa shape index (κ3) is 3.47. The van der Waals surface area contributed by atoms with Gasteiger partial charge in [-0.05, 0) is 56.7 Å². The number of benzene rings is 1. The number of hydrogen-bond acceptors (Lipinski definition) is 2. The van der Waals surface area contributed by atoms with Crippen molar-refractivity contribution in [1.82, 2.24) is 5.32 Å². The largest absolute Gasteiger partial charge is 0.352 e. The summed E-state index contributed by atoms with van der Waals surface area (Å²) in [6, 6.07) is 6.10. The summed E-state index contributed by atoms with van der Waals surface area (Å²) in [6.07, 6.45) is 8.25. The molecule has 2 amide bonds. The lowest BCUT2D eigenvalue weighted by Crippen LogP contribution is -2.44. The summed E-state index contributed by atoms with van der Waals surface area (Å²) in [5.74, 6) is -0.223. The van der Waals surface area contributed by atoms with Gasteiger partial charge < -0.3 is 10.6 Å². The Hall–Kier alpha value is -1.84. The fraction of sp³-hybridized carbons (Fsp3) is 0.600. The molecule has 0 aromatic heterocycles. The van der Waals surface area contributed by atoms with Crippen LogP contribution < -0.4 is 10.6 Å². The number of aryl methyl sites for hydroxylation is 1. The van der Waals surface area contributed by atoms with Gasteiger partial charge in [-0.25, -0.2) is 0 Å². The van der Waals surface area contributed by atoms with Crippen molar-refractivity contribution in [2.24, 2.45) is 5.41 Å². The minimum absolute atomic E-state index is 0.0720. The second kappa shape index (κ2) is 6.96. The number of carbonyl (C=O) groups excluding carboxylic acids is 2. The Kier molecular flexibility index (Phi) is 4.93. The molecule has 1 aromatic carbocycles. The van der Waals surface area contributed by atoms with Crippen molar-refractivity contribution in [3.05, 3.63) is 29.3 Å². The molecule has 0 saturated heterocycles. The second-order valence-electron chi connectivity index (χ2n) is 7.45. The Morgan fingerprint density at radius 3 is 2.29 bits per heavy atom. The number of rotatable bonds is 4. The van der Waals surface area contributed by atoms with Crippen LogP contribution in [0.3, 0.4) is 0 Å². The average Bonchev–Trinajstić information content (AvgIpc) is 3.37. The summed E-state index contributed by atoms with van der Waals surface area (Å²) in [5, 5.41) is 6.14. The summed E-state index contributed by atoms with van der Waals surface area (Å²) >= 11 is 0. The molecule has 130 valence electrons. The van der Waals surface area contributed by atoms with Crippen LogP contribution in [0, 0.1) is 19.3 Å². The first-order valence-corrected chi connectivity index (χ1v) is 9.21. The molecule has 0 heterocycles. The van der Waals surface area contributed by atoms with Crippen LogP contribution >= 0.6 is 0 Å². The zero-order valence-electron chi connectivity index (χ0n) is 14.8. The van der Waals surface area contributed by atoms with E-state index >= 15 is 0 Å². The smallest absolute Gasteiger partial charge is 0.240 e. The van der Waals surface area contributed by atoms with Crippen molar-refractivity contribution in [2.75, 3.05) is 5.32 Å². The quantitative estimate of drug-likeness (QED) is 0.651. The lowest BCUT2D eigenvalue weighted by molar-refractivity contribution is -0.134. The molecule has 4 heteroatoms. The van der Waals surface area contributed by atoms with E-state index in [1.165, 1.54) is 25.7 Å². The molecule has 0 unspecified atom stereocenters. The first-order chi connectivity index (χ1) is 11.5. The van der Waals surface area contributed by atoms with Gasteiger partial charge in [0.25, 0.3) is 0 Å². The van der Waals surface area contributed by atoms with E-state index < -0.39 is 5.41 Å². The predicted octanol–water partition coefficient (Wildman–Crippen LogP) is 3.86. The fourth-order valence-corrected chi connectivity index (χ4v) is 3.56. The monoisotopic (exact) mass is 328 g/mol. The van der Waals surface area contributed by atoms with E-state index in [2.05, 4.69) is 10.6 Å². The van der Waals surface area contributed by atoms with Crippen molar-refractivity contribution in [2.45, 2.75) is 71.3 Å². The summed E-state index contributed by atoms with van der Waals surface area (Å²) in [5.41, 5.74) is 2.17. The van der Waals surface area contributed by atoms with E-state index in [0.29, 0.717) is 12.8 Å². The lowest BCUT2D eigenvalue weighted by Gasteiger charge is -2.21. The highest BCUT2D eigenvalue weighted by atomic mass is 16.2. The summed E-state index contributed by atoms with van der Waals surface area (Å²) in [4.78, 5) is 25.5. The molecule has 0 aliphatic heterocycles. The minimum Gasteiger partial charge on any atom is -0.352 e. The van der Waals surface area contributed by atoms with Crippen molar-refractivity contribution in [3.63, 3.8) is 0 Å². The van der Waals surface area contributed by atoms with E-state index in [4.69, 9.17) is 0 Å². The Morgan fingerprint density at radius 1 is 1.00 bits per heavy atom. The van der Waals surface area contributed by atoms with E-state index in [0.717, 1.165) is 29.7 Å². The first-order valence-electron chi connectivity index (χ1n) is 9.21. The highest BCUT2D eigenvalue weighted by Gasteiger charge is 2.56. The van der Waals surface area contributed by atoms with Gasteiger partial charge in [0.15, 0.2) is 0 Å². The maximum absolute atomic E-state index is 12.7. The van der Waals surface area contributed by atoms with Gasteiger partial charge >= 0.3 is 0 Å². The predicted molar refractivity (Wildman–Crippen MR) is 95.8 cm³/mol. The second-order valence-corrected chi connectivity index (χ2v) is 7.45. The summed E-state index contributed by atoms with van der Waals surface area (Å²) < 4.78 is 0. The average molecular weight is 328 g/mol. The molecule has 2 N–H and O–H groups in total. The number of carbonyl (C=O) groups is 2. The van der Waals surface area contributed by atoms with Crippen LogP contribution in [0.1, 0.15) is 62.5 Å². The normalized spacial score (nSPS) is 20.1. The Labute approximate surface area is 144 Å². The van der Waals surface area contributed by atoms with Gasteiger partial charge in [-0.15, -0.1) is 0 Å². The van der Waals surface area contributed by atoms with E-state index in [9.17, 15) is 9.59 Å². The molecule has 2 aliphatic carbocycles. The van der Waals surface area contributed by atoms with Gasteiger partial charge in [-0.2, -0.15) is 0 Å². The van der Waals surface area contributed by atoms with Crippen LogP contribution in [-0.2, 0) is 9.59 Å². The molecule has 2 fully saturated rings. The maximum Gasteiger partial charge on any atom is 0.240 e. The Morgan fingerprint density at radius 2 is 1.67 bits per heavy atom. The van der Waals surface area contributed by atoms with Gasteiger partial charge in [0, 0.05) is 11.7 Å². The summed E-state index contributed by atoms with van der Waals surface area (Å²) in [6.45, 7) is 4.02. The van der Waals surface area contributed by atoms with Crippen molar-refractivity contribution in [1.29, 1.82) is 0 Å². The Balaban J connectivity index is 1.65. The van der Waals surface area contributed by atoms with Gasteiger partial charge in [0.1, 0.15) is 5.41 Å². The van der Waals surface area contributed by atoms with Crippen LogP contribution in [0.4, 0.5) is 5.69 Å². The molecule has 1 aromatic rings. The van der Waals surface area contributed by atoms with Gasteiger partial charge in [0.2, 0.25) is 11.8 Å². The molecule has 3 rings (SSSR count). The van der Waals surface area contributed by atoms with Crippen LogP contribution in [0.25, 0.3) is 0 Å². The lowest BCUT2D eigenvalue weighted by atomic mass is 10.0. The first kappa shape index (κ1) is 17.0. The van der Waals surface area contributed by atoms with Crippen LogP contribution in [-0.4, -0.2) is 17.9 Å². The molecular weight excluding hydrogens is 300 g/mol. The zero-order chi connectivity index (χ0) is 17.2. The molecule has 0 bridgehead atoms. The van der Waals surface area contributed by atoms with Crippen molar-refractivity contribution < 1.29 is 9.59 Å². The maximum atomic E-state index is 12.7. The molecule has 0 radical (unpaired) electrons. The topological polar surface area (TPSA) is 58.2 Å². The van der Waals surface area contributed by atoms with Gasteiger partial charge in [0.05, 0.1) is 0 Å². The highest BCUT2D eigenvalue weighted by Crippen LogP contribution is 2.47. The standard InChI is InChI=1S/C20H28N2O2/c1-14-8-7-11-17(15(14)2)22-19(24)20(12-13-20)18(23)21-16-9-5-3-4-6-10-16/h7-8,11,16H,3-6,9-10,12-13H2,1-2H3,(H,21,23)(H,22,24). The summed E-state index contributed by atoms with van der Waals surface area (Å²) in [7, 11) is 0. The number of hydrogen-bond donors (Lipinski definition) is 2. The Bertz CT molecular complexity index is 627. The van der Waals surface area contributed by atoms with E-state index in [1.807, 2.05) is 32.0 Å². The van der Waals surface area contributed by atoms with Crippen LogP contribution in [0.5, 0.6) is 0 Å². The molecule has 0 atom stereocenters. The number of nitrogens with one attached hydrogen (secondary N) is 2. The van der Waals surface area contributed by atoms with E-state index in [-0.39, 0.29) is 17.9 Å². The number of amides is 2. The highest BCUT2D eigenvalue weighted by molar-refractivity contribution is 6.13. The van der Waals surface area contributed by atoms with Crippen molar-refractivity contribution >= 4 is 17.5 Å². The molecular formula is C20H28N2O2. The number of anilines is 1. The van der Waals surface area contributed by atoms with Gasteiger partial charge in [-0.3, -0.25) is 9.59 Å². The molecule has 4 nitrogen and oxygen atoms in total. The molecule has 0 spiro atoms. The minimum atomic E-state index is -0.845. The van der Waals surface area contributed by atoms with Crippen LogP contribution in [0.2, 0.25) is 0 Å².